The van der Waals surface area contributed by atoms with Gasteiger partial charge in [-0.1, -0.05) is 0 Å². The van der Waals surface area contributed by atoms with Crippen LogP contribution in [0, 0.1) is 0 Å². The molecule has 0 saturated heterocycles. The number of aromatic nitrogens is 2. The first kappa shape index (κ1) is 8.17. The molecular weight excluding hydrogens is 176 g/mol. The SMILES string of the molecule is Nc1nc(C2CC2)nc2c1CNCC2. The molecule has 1 aromatic rings. The van der Waals surface area contributed by atoms with Crippen LogP contribution in [0.5, 0.6) is 0 Å². The molecule has 0 bridgehead atoms. The molecule has 0 radical (unpaired) electrons. The Labute approximate surface area is 82.9 Å². The van der Waals surface area contributed by atoms with E-state index in [2.05, 4.69) is 15.3 Å². The van der Waals surface area contributed by atoms with Gasteiger partial charge in [-0.05, 0) is 12.8 Å². The zero-order valence-electron chi connectivity index (χ0n) is 8.08. The van der Waals surface area contributed by atoms with Gasteiger partial charge >= 0.3 is 0 Å². The second-order valence-electron chi connectivity index (χ2n) is 4.09. The average Bonchev–Trinajstić information content (AvgIpc) is 3.01. The van der Waals surface area contributed by atoms with E-state index in [1.807, 2.05) is 0 Å². The molecule has 0 unspecified atom stereocenters. The van der Waals surface area contributed by atoms with Gasteiger partial charge in [-0.3, -0.25) is 0 Å². The Morgan fingerprint density at radius 3 is 2.93 bits per heavy atom. The molecule has 4 nitrogen and oxygen atoms in total. The van der Waals surface area contributed by atoms with Crippen LogP contribution in [0.25, 0.3) is 0 Å². The highest BCUT2D eigenvalue weighted by Crippen LogP contribution is 2.38. The summed E-state index contributed by atoms with van der Waals surface area (Å²) in [7, 11) is 0. The summed E-state index contributed by atoms with van der Waals surface area (Å²) in [6.07, 6.45) is 3.45. The minimum absolute atomic E-state index is 0.595. The van der Waals surface area contributed by atoms with E-state index in [0.717, 1.165) is 36.6 Å². The molecule has 3 N–H and O–H groups in total. The summed E-state index contributed by atoms with van der Waals surface area (Å²) < 4.78 is 0. The van der Waals surface area contributed by atoms with Gasteiger partial charge in [0.2, 0.25) is 0 Å². The number of fused-ring (bicyclic) bond motifs is 1. The van der Waals surface area contributed by atoms with Crippen LogP contribution in [0.2, 0.25) is 0 Å². The van der Waals surface area contributed by atoms with Crippen LogP contribution >= 0.6 is 0 Å². The van der Waals surface area contributed by atoms with Crippen LogP contribution in [0.1, 0.15) is 35.8 Å². The number of rotatable bonds is 1. The predicted molar refractivity (Wildman–Crippen MR) is 53.8 cm³/mol. The van der Waals surface area contributed by atoms with Gasteiger partial charge in [-0.2, -0.15) is 0 Å². The molecule has 0 atom stereocenters. The summed E-state index contributed by atoms with van der Waals surface area (Å²) in [5, 5.41) is 3.29. The maximum atomic E-state index is 5.92. The van der Waals surface area contributed by atoms with E-state index < -0.39 is 0 Å². The Balaban J connectivity index is 2.06. The highest BCUT2D eigenvalue weighted by molar-refractivity contribution is 5.44. The second kappa shape index (κ2) is 2.92. The molecule has 3 rings (SSSR count). The van der Waals surface area contributed by atoms with Crippen LogP contribution in [0.4, 0.5) is 5.82 Å². The molecule has 0 spiro atoms. The Morgan fingerprint density at radius 1 is 1.29 bits per heavy atom. The van der Waals surface area contributed by atoms with Gasteiger partial charge in [0.15, 0.2) is 0 Å². The van der Waals surface area contributed by atoms with Crippen LogP contribution in [0.15, 0.2) is 0 Å². The highest BCUT2D eigenvalue weighted by Gasteiger charge is 2.28. The molecule has 1 fully saturated rings. The lowest BCUT2D eigenvalue weighted by Crippen LogP contribution is -2.26. The van der Waals surface area contributed by atoms with E-state index in [1.54, 1.807) is 0 Å². The van der Waals surface area contributed by atoms with E-state index in [9.17, 15) is 0 Å². The van der Waals surface area contributed by atoms with Crippen molar-refractivity contribution in [2.24, 2.45) is 0 Å². The minimum Gasteiger partial charge on any atom is -0.383 e. The maximum Gasteiger partial charge on any atom is 0.134 e. The lowest BCUT2D eigenvalue weighted by molar-refractivity contribution is 0.622. The number of nitrogens with two attached hydrogens (primary N) is 1. The van der Waals surface area contributed by atoms with Crippen molar-refractivity contribution in [1.82, 2.24) is 15.3 Å². The Hall–Kier alpha value is -1.16. The first-order valence-corrected chi connectivity index (χ1v) is 5.20. The van der Waals surface area contributed by atoms with E-state index in [0.29, 0.717) is 11.7 Å². The van der Waals surface area contributed by atoms with Crippen LogP contribution in [-0.2, 0) is 13.0 Å². The summed E-state index contributed by atoms with van der Waals surface area (Å²) in [6, 6.07) is 0. The molecule has 2 heterocycles. The molecule has 1 aliphatic heterocycles. The van der Waals surface area contributed by atoms with Crippen molar-refractivity contribution >= 4 is 5.82 Å². The lowest BCUT2D eigenvalue weighted by atomic mass is 10.1. The number of nitrogen functional groups attached to an aromatic ring is 1. The molecule has 1 saturated carbocycles. The second-order valence-corrected chi connectivity index (χ2v) is 4.09. The smallest absolute Gasteiger partial charge is 0.134 e. The molecular formula is C10H14N4. The summed E-state index contributed by atoms with van der Waals surface area (Å²) >= 11 is 0. The number of hydrogen-bond donors (Lipinski definition) is 2. The van der Waals surface area contributed by atoms with Crippen molar-refractivity contribution in [2.75, 3.05) is 12.3 Å². The van der Waals surface area contributed by atoms with E-state index >= 15 is 0 Å². The van der Waals surface area contributed by atoms with Gasteiger partial charge in [0.1, 0.15) is 11.6 Å². The van der Waals surface area contributed by atoms with Crippen molar-refractivity contribution in [2.45, 2.75) is 31.7 Å². The van der Waals surface area contributed by atoms with Gasteiger partial charge in [0, 0.05) is 31.0 Å². The number of hydrogen-bond acceptors (Lipinski definition) is 4. The minimum atomic E-state index is 0.595. The summed E-state index contributed by atoms with van der Waals surface area (Å²) in [4.78, 5) is 8.98. The first-order valence-electron chi connectivity index (χ1n) is 5.20. The maximum absolute atomic E-state index is 5.92. The van der Waals surface area contributed by atoms with Crippen molar-refractivity contribution in [3.05, 3.63) is 17.1 Å². The molecule has 0 amide bonds. The fourth-order valence-electron chi connectivity index (χ4n) is 1.91. The number of nitrogens with zero attached hydrogens (tertiary/aromatic N) is 2. The normalized spacial score (nSPS) is 20.6. The lowest BCUT2D eigenvalue weighted by Gasteiger charge is -2.18. The summed E-state index contributed by atoms with van der Waals surface area (Å²) in [6.45, 7) is 1.83. The van der Waals surface area contributed by atoms with E-state index in [4.69, 9.17) is 5.73 Å². The van der Waals surface area contributed by atoms with Crippen molar-refractivity contribution < 1.29 is 0 Å². The zero-order valence-corrected chi connectivity index (χ0v) is 8.08. The van der Waals surface area contributed by atoms with Crippen molar-refractivity contribution in [3.63, 3.8) is 0 Å². The zero-order chi connectivity index (χ0) is 9.54. The molecule has 1 aliphatic carbocycles. The van der Waals surface area contributed by atoms with Crippen molar-refractivity contribution in [3.8, 4) is 0 Å². The monoisotopic (exact) mass is 190 g/mol. The van der Waals surface area contributed by atoms with Crippen LogP contribution in [-0.4, -0.2) is 16.5 Å². The van der Waals surface area contributed by atoms with Crippen molar-refractivity contribution in [1.29, 1.82) is 0 Å². The van der Waals surface area contributed by atoms with Crippen LogP contribution in [0.3, 0.4) is 0 Å². The molecule has 4 heteroatoms. The topological polar surface area (TPSA) is 63.8 Å². The van der Waals surface area contributed by atoms with E-state index in [1.165, 1.54) is 12.8 Å². The molecule has 74 valence electrons. The Morgan fingerprint density at radius 2 is 2.14 bits per heavy atom. The fourth-order valence-corrected chi connectivity index (χ4v) is 1.91. The van der Waals surface area contributed by atoms with Gasteiger partial charge in [-0.15, -0.1) is 0 Å². The van der Waals surface area contributed by atoms with Gasteiger partial charge in [-0.25, -0.2) is 9.97 Å². The predicted octanol–water partition coefficient (Wildman–Crippen LogP) is 0.582. The van der Waals surface area contributed by atoms with E-state index in [-0.39, 0.29) is 0 Å². The van der Waals surface area contributed by atoms with Gasteiger partial charge in [0.05, 0.1) is 5.69 Å². The van der Waals surface area contributed by atoms with Gasteiger partial charge < -0.3 is 11.1 Å². The van der Waals surface area contributed by atoms with Gasteiger partial charge in [0.25, 0.3) is 0 Å². The standard InChI is InChI=1S/C10H14N4/c11-9-7-5-12-4-3-8(7)13-10(14-9)6-1-2-6/h6,12H,1-5H2,(H2,11,13,14). The quantitative estimate of drug-likeness (QED) is 0.680. The Bertz CT molecular complexity index is 371. The third kappa shape index (κ3) is 1.26. The molecule has 14 heavy (non-hydrogen) atoms. The highest BCUT2D eigenvalue weighted by atomic mass is 15.0. The Kier molecular flexibility index (Phi) is 1.70. The first-order chi connectivity index (χ1) is 6.84. The van der Waals surface area contributed by atoms with Crippen LogP contribution < -0.4 is 11.1 Å². The largest absolute Gasteiger partial charge is 0.383 e. The average molecular weight is 190 g/mol. The molecule has 1 aromatic heterocycles. The third-order valence-corrected chi connectivity index (χ3v) is 2.92. The summed E-state index contributed by atoms with van der Waals surface area (Å²) in [5.41, 5.74) is 8.19. The summed E-state index contributed by atoms with van der Waals surface area (Å²) in [5.74, 6) is 2.25. The molecule has 2 aliphatic rings. The third-order valence-electron chi connectivity index (χ3n) is 2.92. The number of nitrogens with one attached hydrogen (secondary N) is 1. The molecule has 0 aromatic carbocycles. The number of anilines is 1. The fraction of sp³-hybridized carbons (Fsp3) is 0.600.